The second-order valence-corrected chi connectivity index (χ2v) is 3.93. The summed E-state index contributed by atoms with van der Waals surface area (Å²) in [5.41, 5.74) is 1.84. The Labute approximate surface area is 101 Å². The number of aromatic hydroxyl groups is 1. The van der Waals surface area contributed by atoms with E-state index in [4.69, 9.17) is 5.11 Å². The molecule has 0 amide bonds. The van der Waals surface area contributed by atoms with Crippen molar-refractivity contribution in [3.05, 3.63) is 48.5 Å². The lowest BCUT2D eigenvalue weighted by atomic mass is 10.1. The van der Waals surface area contributed by atoms with Crippen LogP contribution in [0.5, 0.6) is 11.5 Å². The second-order valence-electron chi connectivity index (χ2n) is 3.36. The lowest BCUT2D eigenvalue weighted by molar-refractivity contribution is 0.440. The van der Waals surface area contributed by atoms with Gasteiger partial charge in [-0.15, -0.1) is 0 Å². The average molecular weight is 249 g/mol. The highest BCUT2D eigenvalue weighted by Crippen LogP contribution is 2.24. The molecule has 0 aliphatic carbocycles. The zero-order chi connectivity index (χ0) is 12.3. The fourth-order valence-corrected chi connectivity index (χ4v) is 1.70. The molecule has 0 heterocycles. The van der Waals surface area contributed by atoms with Gasteiger partial charge in [0.05, 0.1) is 0 Å². The van der Waals surface area contributed by atoms with Crippen molar-refractivity contribution >= 4 is 11.4 Å². The quantitative estimate of drug-likeness (QED) is 0.847. The first kappa shape index (κ1) is 11.6. The third-order valence-corrected chi connectivity index (χ3v) is 2.55. The standard InChI is InChI=1S/C12H10O4S/c13-11-5-1-9(2-6-11)10-3-7-12(8-4-10)16-17(14)15/h1-8,13H,(H,14,15)/p-1. The van der Waals surface area contributed by atoms with Gasteiger partial charge in [-0.05, 0) is 35.4 Å². The first-order valence-electron chi connectivity index (χ1n) is 4.82. The fourth-order valence-electron chi connectivity index (χ4n) is 1.44. The van der Waals surface area contributed by atoms with Crippen LogP contribution in [0.4, 0.5) is 0 Å². The van der Waals surface area contributed by atoms with Crippen LogP contribution in [0.1, 0.15) is 0 Å². The lowest BCUT2D eigenvalue weighted by Gasteiger charge is -2.07. The Morgan fingerprint density at radius 3 is 1.88 bits per heavy atom. The molecule has 88 valence electrons. The predicted octanol–water partition coefficient (Wildman–Crippen LogP) is 2.23. The van der Waals surface area contributed by atoms with E-state index in [0.29, 0.717) is 0 Å². The number of benzene rings is 2. The molecule has 0 bridgehead atoms. The van der Waals surface area contributed by atoms with Crippen LogP contribution in [0, 0.1) is 0 Å². The van der Waals surface area contributed by atoms with Crippen LogP contribution in [0.2, 0.25) is 0 Å². The van der Waals surface area contributed by atoms with Crippen molar-refractivity contribution in [1.82, 2.24) is 0 Å². The van der Waals surface area contributed by atoms with Crippen LogP contribution < -0.4 is 4.18 Å². The Hall–Kier alpha value is -1.85. The van der Waals surface area contributed by atoms with Gasteiger partial charge in [-0.25, -0.2) is 4.21 Å². The normalized spacial score (nSPS) is 12.1. The van der Waals surface area contributed by atoms with Gasteiger partial charge in [0, 0.05) is 0 Å². The third-order valence-electron chi connectivity index (χ3n) is 2.22. The molecule has 2 rings (SSSR count). The summed E-state index contributed by atoms with van der Waals surface area (Å²) < 4.78 is 25.1. The van der Waals surface area contributed by atoms with E-state index in [1.54, 1.807) is 48.5 Å². The van der Waals surface area contributed by atoms with Gasteiger partial charge < -0.3 is 13.8 Å². The van der Waals surface area contributed by atoms with Crippen LogP contribution in [0.3, 0.4) is 0 Å². The summed E-state index contributed by atoms with van der Waals surface area (Å²) >= 11 is -2.55. The highest BCUT2D eigenvalue weighted by Gasteiger charge is 1.99. The summed E-state index contributed by atoms with van der Waals surface area (Å²) in [5, 5.41) is 9.16. The molecule has 0 saturated heterocycles. The Morgan fingerprint density at radius 2 is 1.41 bits per heavy atom. The topological polar surface area (TPSA) is 69.6 Å². The number of hydrogen-bond donors (Lipinski definition) is 1. The molecule has 4 nitrogen and oxygen atoms in total. The van der Waals surface area contributed by atoms with Crippen molar-refractivity contribution in [2.45, 2.75) is 0 Å². The largest absolute Gasteiger partial charge is 0.740 e. The number of phenolic OH excluding ortho intramolecular Hbond substituents is 1. The summed E-state index contributed by atoms with van der Waals surface area (Å²) in [6, 6.07) is 13.4. The van der Waals surface area contributed by atoms with Gasteiger partial charge in [0.2, 0.25) is 0 Å². The monoisotopic (exact) mass is 249 g/mol. The van der Waals surface area contributed by atoms with E-state index in [0.717, 1.165) is 11.1 Å². The van der Waals surface area contributed by atoms with Crippen LogP contribution in [-0.4, -0.2) is 13.9 Å². The van der Waals surface area contributed by atoms with Gasteiger partial charge in [-0.1, -0.05) is 24.3 Å². The minimum Gasteiger partial charge on any atom is -0.740 e. The minimum atomic E-state index is -2.55. The maximum atomic E-state index is 10.3. The van der Waals surface area contributed by atoms with Crippen molar-refractivity contribution in [3.63, 3.8) is 0 Å². The van der Waals surface area contributed by atoms with E-state index in [1.807, 2.05) is 0 Å². The molecule has 0 aromatic heterocycles. The van der Waals surface area contributed by atoms with Crippen molar-refractivity contribution in [2.75, 3.05) is 0 Å². The molecule has 0 aliphatic rings. The van der Waals surface area contributed by atoms with E-state index in [-0.39, 0.29) is 11.5 Å². The highest BCUT2D eigenvalue weighted by atomic mass is 32.2. The molecule has 0 fully saturated rings. The van der Waals surface area contributed by atoms with E-state index >= 15 is 0 Å². The maximum absolute atomic E-state index is 10.3. The molecule has 0 aliphatic heterocycles. The van der Waals surface area contributed by atoms with Gasteiger partial charge in [0.1, 0.15) is 22.9 Å². The minimum absolute atomic E-state index is 0.204. The highest BCUT2D eigenvalue weighted by molar-refractivity contribution is 7.74. The first-order chi connectivity index (χ1) is 8.15. The zero-order valence-electron chi connectivity index (χ0n) is 8.70. The average Bonchev–Trinajstić information content (AvgIpc) is 2.30. The van der Waals surface area contributed by atoms with Crippen molar-refractivity contribution in [3.8, 4) is 22.6 Å². The Kier molecular flexibility index (Phi) is 3.41. The number of phenols is 1. The molecule has 1 atom stereocenters. The summed E-state index contributed by atoms with van der Waals surface area (Å²) in [5.74, 6) is 0.469. The molecule has 0 radical (unpaired) electrons. The summed E-state index contributed by atoms with van der Waals surface area (Å²) in [7, 11) is 0. The lowest BCUT2D eigenvalue weighted by Crippen LogP contribution is -1.97. The molecular weight excluding hydrogens is 240 g/mol. The summed E-state index contributed by atoms with van der Waals surface area (Å²) in [6.07, 6.45) is 0. The van der Waals surface area contributed by atoms with E-state index in [9.17, 15) is 8.76 Å². The second kappa shape index (κ2) is 4.99. The zero-order valence-corrected chi connectivity index (χ0v) is 9.52. The fraction of sp³-hybridized carbons (Fsp3) is 0. The molecular formula is C12H9O4S-. The van der Waals surface area contributed by atoms with E-state index in [2.05, 4.69) is 4.18 Å². The molecule has 17 heavy (non-hydrogen) atoms. The van der Waals surface area contributed by atoms with Crippen molar-refractivity contribution < 1.29 is 18.1 Å². The maximum Gasteiger partial charge on any atom is 0.139 e. The molecule has 0 spiro atoms. The molecule has 5 heteroatoms. The molecule has 0 saturated carbocycles. The van der Waals surface area contributed by atoms with Crippen LogP contribution >= 0.6 is 0 Å². The smallest absolute Gasteiger partial charge is 0.139 e. The van der Waals surface area contributed by atoms with Gasteiger partial charge in [0.25, 0.3) is 0 Å². The Bertz CT molecular complexity index is 519. The SMILES string of the molecule is O=S([O-])Oc1ccc(-c2ccc(O)cc2)cc1. The van der Waals surface area contributed by atoms with Crippen LogP contribution in [-0.2, 0) is 11.4 Å². The Balaban J connectivity index is 2.23. The van der Waals surface area contributed by atoms with Crippen molar-refractivity contribution in [2.24, 2.45) is 0 Å². The van der Waals surface area contributed by atoms with Gasteiger partial charge in [0.15, 0.2) is 0 Å². The number of hydrogen-bond acceptors (Lipinski definition) is 4. The molecule has 1 unspecified atom stereocenters. The molecule has 2 aromatic rings. The molecule has 1 N–H and O–H groups in total. The summed E-state index contributed by atoms with van der Waals surface area (Å²) in [6.45, 7) is 0. The number of rotatable bonds is 3. The molecule has 2 aromatic carbocycles. The van der Waals surface area contributed by atoms with Crippen molar-refractivity contribution in [1.29, 1.82) is 0 Å². The van der Waals surface area contributed by atoms with Gasteiger partial charge in [-0.2, -0.15) is 0 Å². The van der Waals surface area contributed by atoms with E-state index in [1.165, 1.54) is 0 Å². The first-order valence-corrected chi connectivity index (χ1v) is 5.82. The summed E-state index contributed by atoms with van der Waals surface area (Å²) in [4.78, 5) is 0. The van der Waals surface area contributed by atoms with E-state index < -0.39 is 11.4 Å². The van der Waals surface area contributed by atoms with Crippen LogP contribution in [0.25, 0.3) is 11.1 Å². The third kappa shape index (κ3) is 3.05. The Morgan fingerprint density at radius 1 is 0.941 bits per heavy atom. The van der Waals surface area contributed by atoms with Gasteiger partial charge in [-0.3, -0.25) is 0 Å². The predicted molar refractivity (Wildman–Crippen MR) is 63.1 cm³/mol. The van der Waals surface area contributed by atoms with Crippen LogP contribution in [0.15, 0.2) is 48.5 Å². The van der Waals surface area contributed by atoms with Gasteiger partial charge >= 0.3 is 0 Å².